The van der Waals surface area contributed by atoms with Gasteiger partial charge in [0.05, 0.1) is 23.0 Å². The topological polar surface area (TPSA) is 60.9 Å². The van der Waals surface area contributed by atoms with Crippen molar-refractivity contribution in [3.63, 3.8) is 0 Å². The van der Waals surface area contributed by atoms with Crippen LogP contribution < -0.4 is 5.73 Å². The van der Waals surface area contributed by atoms with Crippen LogP contribution in [0.3, 0.4) is 0 Å². The number of nitrogens with two attached hydrogens (primary N) is 1. The van der Waals surface area contributed by atoms with Gasteiger partial charge in [-0.2, -0.15) is 5.10 Å². The molecule has 4 heteroatoms. The molecule has 1 heterocycles. The second kappa shape index (κ2) is 4.04. The minimum Gasteiger partial charge on any atom is -0.365 e. The van der Waals surface area contributed by atoms with Gasteiger partial charge in [-0.05, 0) is 27.2 Å². The molecule has 1 amide bonds. The first-order valence-corrected chi connectivity index (χ1v) is 5.25. The Labute approximate surface area is 90.5 Å². The maximum atomic E-state index is 11.2. The lowest BCUT2D eigenvalue weighted by molar-refractivity contribution is 0.0999. The quantitative estimate of drug-likeness (QED) is 0.823. The van der Waals surface area contributed by atoms with Crippen molar-refractivity contribution in [3.05, 3.63) is 17.5 Å². The number of carbonyl (C=O) groups is 1. The molecule has 0 unspecified atom stereocenters. The van der Waals surface area contributed by atoms with Crippen molar-refractivity contribution in [2.75, 3.05) is 0 Å². The molecule has 84 valence electrons. The molecule has 2 N–H and O–H groups in total. The molecule has 0 aliphatic heterocycles. The summed E-state index contributed by atoms with van der Waals surface area (Å²) in [7, 11) is 0. The average molecular weight is 209 g/mol. The number of aromatic nitrogens is 2. The van der Waals surface area contributed by atoms with Gasteiger partial charge in [-0.3, -0.25) is 9.48 Å². The van der Waals surface area contributed by atoms with Gasteiger partial charge >= 0.3 is 0 Å². The molecule has 0 aromatic carbocycles. The summed E-state index contributed by atoms with van der Waals surface area (Å²) in [4.78, 5) is 11.2. The number of hydrogen-bond acceptors (Lipinski definition) is 2. The van der Waals surface area contributed by atoms with E-state index in [1.807, 2.05) is 4.68 Å². The highest BCUT2D eigenvalue weighted by molar-refractivity contribution is 5.93. The SMILES string of the molecule is CCCc1c(C(N)=O)cnn1C(C)(C)C. The zero-order valence-corrected chi connectivity index (χ0v) is 9.87. The Morgan fingerprint density at radius 1 is 1.53 bits per heavy atom. The molecular formula is C11H19N3O. The highest BCUT2D eigenvalue weighted by atomic mass is 16.1. The minimum absolute atomic E-state index is 0.113. The first kappa shape index (κ1) is 11.8. The smallest absolute Gasteiger partial charge is 0.252 e. The van der Waals surface area contributed by atoms with E-state index >= 15 is 0 Å². The Hall–Kier alpha value is -1.32. The lowest BCUT2D eigenvalue weighted by Crippen LogP contribution is -2.26. The van der Waals surface area contributed by atoms with Gasteiger partial charge in [-0.1, -0.05) is 13.3 Å². The van der Waals surface area contributed by atoms with E-state index in [1.54, 1.807) is 6.20 Å². The lowest BCUT2D eigenvalue weighted by atomic mass is 10.1. The normalized spacial score (nSPS) is 11.7. The van der Waals surface area contributed by atoms with Gasteiger partial charge in [-0.15, -0.1) is 0 Å². The van der Waals surface area contributed by atoms with Gasteiger partial charge in [0.1, 0.15) is 0 Å². The Balaban J connectivity index is 3.24. The predicted octanol–water partition coefficient (Wildman–Crippen LogP) is 1.69. The van der Waals surface area contributed by atoms with E-state index < -0.39 is 5.91 Å². The molecule has 4 nitrogen and oxygen atoms in total. The number of nitrogens with zero attached hydrogens (tertiary/aromatic N) is 2. The van der Waals surface area contributed by atoms with E-state index in [1.165, 1.54) is 0 Å². The minimum atomic E-state index is -0.394. The van der Waals surface area contributed by atoms with Gasteiger partial charge in [0.15, 0.2) is 0 Å². The number of primary amides is 1. The molecule has 15 heavy (non-hydrogen) atoms. The van der Waals surface area contributed by atoms with Crippen LogP contribution in [0.5, 0.6) is 0 Å². The molecule has 0 spiro atoms. The number of hydrogen-bond donors (Lipinski definition) is 1. The molecule has 0 aliphatic rings. The Kier molecular flexibility index (Phi) is 3.17. The molecule has 0 saturated carbocycles. The fourth-order valence-electron chi connectivity index (χ4n) is 1.64. The monoisotopic (exact) mass is 209 g/mol. The van der Waals surface area contributed by atoms with E-state index in [2.05, 4.69) is 32.8 Å². The Morgan fingerprint density at radius 3 is 2.53 bits per heavy atom. The van der Waals surface area contributed by atoms with Crippen LogP contribution in [0.25, 0.3) is 0 Å². The Morgan fingerprint density at radius 2 is 2.13 bits per heavy atom. The van der Waals surface area contributed by atoms with Crippen molar-refractivity contribution in [1.82, 2.24) is 9.78 Å². The molecule has 0 fully saturated rings. The predicted molar refractivity (Wildman–Crippen MR) is 59.7 cm³/mol. The van der Waals surface area contributed by atoms with Crippen LogP contribution in [0.2, 0.25) is 0 Å². The van der Waals surface area contributed by atoms with Crippen LogP contribution in [-0.4, -0.2) is 15.7 Å². The Bertz CT molecular complexity index is 360. The largest absolute Gasteiger partial charge is 0.365 e. The third-order valence-electron chi connectivity index (χ3n) is 2.26. The van der Waals surface area contributed by atoms with Crippen LogP contribution in [0.4, 0.5) is 0 Å². The molecule has 1 aromatic rings. The fraction of sp³-hybridized carbons (Fsp3) is 0.636. The first-order chi connectivity index (χ1) is 6.88. The average Bonchev–Trinajstić information content (AvgIpc) is 2.47. The van der Waals surface area contributed by atoms with Crippen molar-refractivity contribution < 1.29 is 4.79 Å². The van der Waals surface area contributed by atoms with E-state index in [9.17, 15) is 4.79 Å². The highest BCUT2D eigenvalue weighted by Gasteiger charge is 2.22. The van der Waals surface area contributed by atoms with Gasteiger partial charge in [0, 0.05) is 0 Å². The summed E-state index contributed by atoms with van der Waals surface area (Å²) < 4.78 is 1.89. The highest BCUT2D eigenvalue weighted by Crippen LogP contribution is 2.20. The third kappa shape index (κ3) is 2.37. The summed E-state index contributed by atoms with van der Waals surface area (Å²) in [6, 6.07) is 0. The third-order valence-corrected chi connectivity index (χ3v) is 2.26. The molecule has 1 aromatic heterocycles. The molecular weight excluding hydrogens is 190 g/mol. The first-order valence-electron chi connectivity index (χ1n) is 5.25. The van der Waals surface area contributed by atoms with Crippen LogP contribution >= 0.6 is 0 Å². The zero-order valence-electron chi connectivity index (χ0n) is 9.87. The molecule has 0 aliphatic carbocycles. The fourth-order valence-corrected chi connectivity index (χ4v) is 1.64. The maximum Gasteiger partial charge on any atom is 0.252 e. The molecule has 0 saturated heterocycles. The van der Waals surface area contributed by atoms with Crippen molar-refractivity contribution in [2.24, 2.45) is 5.73 Å². The summed E-state index contributed by atoms with van der Waals surface area (Å²) >= 11 is 0. The van der Waals surface area contributed by atoms with E-state index in [0.717, 1.165) is 18.5 Å². The van der Waals surface area contributed by atoms with E-state index in [-0.39, 0.29) is 5.54 Å². The van der Waals surface area contributed by atoms with Gasteiger partial charge in [0.2, 0.25) is 0 Å². The van der Waals surface area contributed by atoms with E-state index in [0.29, 0.717) is 5.56 Å². The van der Waals surface area contributed by atoms with Crippen molar-refractivity contribution in [2.45, 2.75) is 46.1 Å². The van der Waals surface area contributed by atoms with Crippen LogP contribution in [-0.2, 0) is 12.0 Å². The van der Waals surface area contributed by atoms with Gasteiger partial charge in [-0.25, -0.2) is 0 Å². The maximum absolute atomic E-state index is 11.2. The van der Waals surface area contributed by atoms with Crippen molar-refractivity contribution in [1.29, 1.82) is 0 Å². The van der Waals surface area contributed by atoms with E-state index in [4.69, 9.17) is 5.73 Å². The standard InChI is InChI=1S/C11H19N3O/c1-5-6-9-8(10(12)15)7-13-14(9)11(2,3)4/h7H,5-6H2,1-4H3,(H2,12,15). The summed E-state index contributed by atoms with van der Waals surface area (Å²) in [5.74, 6) is -0.394. The number of carbonyl (C=O) groups excluding carboxylic acids is 1. The van der Waals surface area contributed by atoms with Crippen molar-refractivity contribution >= 4 is 5.91 Å². The number of amides is 1. The molecule has 0 bridgehead atoms. The molecule has 0 radical (unpaired) electrons. The summed E-state index contributed by atoms with van der Waals surface area (Å²) in [6.45, 7) is 8.25. The second-order valence-corrected chi connectivity index (χ2v) is 4.70. The summed E-state index contributed by atoms with van der Waals surface area (Å²) in [5, 5.41) is 4.24. The van der Waals surface area contributed by atoms with Crippen LogP contribution in [0.1, 0.15) is 50.2 Å². The zero-order chi connectivity index (χ0) is 11.6. The molecule has 0 atom stereocenters. The van der Waals surface area contributed by atoms with Crippen LogP contribution in [0.15, 0.2) is 6.20 Å². The lowest BCUT2D eigenvalue weighted by Gasteiger charge is -2.22. The summed E-state index contributed by atoms with van der Waals surface area (Å²) in [6.07, 6.45) is 3.37. The molecule has 1 rings (SSSR count). The van der Waals surface area contributed by atoms with Crippen molar-refractivity contribution in [3.8, 4) is 0 Å². The summed E-state index contributed by atoms with van der Waals surface area (Å²) in [5.41, 5.74) is 6.69. The second-order valence-electron chi connectivity index (χ2n) is 4.70. The van der Waals surface area contributed by atoms with Gasteiger partial charge in [0.25, 0.3) is 5.91 Å². The number of rotatable bonds is 3. The van der Waals surface area contributed by atoms with Gasteiger partial charge < -0.3 is 5.73 Å². The van der Waals surface area contributed by atoms with Crippen LogP contribution in [0, 0.1) is 0 Å².